The average molecular weight is 273 g/mol. The quantitative estimate of drug-likeness (QED) is 0.885. The van der Waals surface area contributed by atoms with Crippen LogP contribution in [0.5, 0.6) is 0 Å². The van der Waals surface area contributed by atoms with Crippen molar-refractivity contribution in [2.24, 2.45) is 28.9 Å². The van der Waals surface area contributed by atoms with Gasteiger partial charge >= 0.3 is 0 Å². The number of aryl methyl sites for hydroxylation is 1. The maximum Gasteiger partial charge on any atom is 0.111 e. The summed E-state index contributed by atoms with van der Waals surface area (Å²) in [6.07, 6.45) is 11.7. The second-order valence-corrected chi connectivity index (χ2v) is 7.72. The number of nitrogens with two attached hydrogens (primary N) is 1. The summed E-state index contributed by atoms with van der Waals surface area (Å²) in [5.74, 6) is 4.57. The molecular weight excluding hydrogens is 246 g/mol. The molecule has 0 saturated heterocycles. The lowest BCUT2D eigenvalue weighted by Gasteiger charge is -2.59. The van der Waals surface area contributed by atoms with Crippen LogP contribution in [0, 0.1) is 23.2 Å². The average Bonchev–Trinajstić information content (AvgIpc) is 2.86. The monoisotopic (exact) mass is 273 g/mol. The van der Waals surface area contributed by atoms with E-state index in [1.807, 2.05) is 6.20 Å². The Morgan fingerprint density at radius 3 is 2.30 bits per heavy atom. The first-order valence-corrected chi connectivity index (χ1v) is 8.46. The largest absolute Gasteiger partial charge is 0.346 e. The van der Waals surface area contributed by atoms with Crippen LogP contribution in [0.2, 0.25) is 0 Å². The molecule has 4 fully saturated rings. The van der Waals surface area contributed by atoms with Gasteiger partial charge in [0.15, 0.2) is 0 Å². The third kappa shape index (κ3) is 1.86. The van der Waals surface area contributed by atoms with Crippen molar-refractivity contribution in [3.8, 4) is 0 Å². The Bertz CT molecular complexity index is 455. The van der Waals surface area contributed by atoms with Crippen molar-refractivity contribution in [3.63, 3.8) is 0 Å². The lowest BCUT2D eigenvalue weighted by atomic mass is 9.46. The highest BCUT2D eigenvalue weighted by atomic mass is 14.9. The van der Waals surface area contributed by atoms with Gasteiger partial charge in [0.2, 0.25) is 0 Å². The fourth-order valence-corrected chi connectivity index (χ4v) is 5.99. The second kappa shape index (κ2) is 4.59. The second-order valence-electron chi connectivity index (χ2n) is 7.72. The fourth-order valence-electron chi connectivity index (χ4n) is 5.99. The number of hydrogen-bond donors (Lipinski definition) is 2. The molecule has 3 heteroatoms. The summed E-state index contributed by atoms with van der Waals surface area (Å²) >= 11 is 0. The SMILES string of the molecule is CCc1cnc(C(CN)C23CC4CC(CC(C4)C2)C3)[nH]1. The zero-order chi connectivity index (χ0) is 13.7. The van der Waals surface area contributed by atoms with Crippen LogP contribution in [0.15, 0.2) is 6.20 Å². The molecule has 4 bridgehead atoms. The Balaban J connectivity index is 1.66. The molecule has 5 rings (SSSR count). The van der Waals surface area contributed by atoms with Crippen molar-refractivity contribution in [1.82, 2.24) is 9.97 Å². The van der Waals surface area contributed by atoms with E-state index in [9.17, 15) is 0 Å². The van der Waals surface area contributed by atoms with Crippen LogP contribution in [0.4, 0.5) is 0 Å². The van der Waals surface area contributed by atoms with E-state index in [-0.39, 0.29) is 0 Å². The molecule has 0 aromatic carbocycles. The molecule has 0 aliphatic heterocycles. The minimum atomic E-state index is 0.455. The molecule has 4 saturated carbocycles. The van der Waals surface area contributed by atoms with Crippen molar-refractivity contribution in [2.75, 3.05) is 6.54 Å². The molecular formula is C17H27N3. The number of nitrogens with one attached hydrogen (secondary N) is 1. The minimum Gasteiger partial charge on any atom is -0.346 e. The molecule has 0 spiro atoms. The van der Waals surface area contributed by atoms with E-state index < -0.39 is 0 Å². The van der Waals surface area contributed by atoms with E-state index in [4.69, 9.17) is 5.73 Å². The highest BCUT2D eigenvalue weighted by Crippen LogP contribution is 2.64. The van der Waals surface area contributed by atoms with Gasteiger partial charge in [-0.2, -0.15) is 0 Å². The van der Waals surface area contributed by atoms with Crippen LogP contribution in [-0.4, -0.2) is 16.5 Å². The van der Waals surface area contributed by atoms with Crippen molar-refractivity contribution >= 4 is 0 Å². The molecule has 4 aliphatic rings. The first-order valence-electron chi connectivity index (χ1n) is 8.46. The molecule has 4 aliphatic carbocycles. The number of H-pyrrole nitrogens is 1. The van der Waals surface area contributed by atoms with Crippen LogP contribution in [0.3, 0.4) is 0 Å². The van der Waals surface area contributed by atoms with Gasteiger partial charge in [0.1, 0.15) is 5.82 Å². The van der Waals surface area contributed by atoms with Crippen molar-refractivity contribution in [2.45, 2.75) is 57.8 Å². The van der Waals surface area contributed by atoms with E-state index in [1.54, 1.807) is 0 Å². The standard InChI is InChI=1S/C17H27N3/c1-2-14-10-19-16(20-14)15(9-18)17-6-11-3-12(7-17)5-13(4-11)8-17/h10-13,15H,2-9,18H2,1H3,(H,19,20). The maximum absolute atomic E-state index is 6.22. The smallest absolute Gasteiger partial charge is 0.111 e. The number of nitrogens with zero attached hydrogens (tertiary/aromatic N) is 1. The summed E-state index contributed by atoms with van der Waals surface area (Å²) in [7, 11) is 0. The summed E-state index contributed by atoms with van der Waals surface area (Å²) in [5, 5.41) is 0. The highest BCUT2D eigenvalue weighted by molar-refractivity contribution is 5.15. The number of rotatable bonds is 4. The molecule has 1 unspecified atom stereocenters. The topological polar surface area (TPSA) is 54.7 Å². The van der Waals surface area contributed by atoms with Gasteiger partial charge in [-0.25, -0.2) is 4.98 Å². The molecule has 3 N–H and O–H groups in total. The fraction of sp³-hybridized carbons (Fsp3) is 0.824. The van der Waals surface area contributed by atoms with Crippen LogP contribution < -0.4 is 5.73 Å². The van der Waals surface area contributed by atoms with Gasteiger partial charge < -0.3 is 10.7 Å². The highest BCUT2D eigenvalue weighted by Gasteiger charge is 2.54. The third-order valence-corrected chi connectivity index (χ3v) is 6.42. The van der Waals surface area contributed by atoms with Gasteiger partial charge in [-0.1, -0.05) is 6.92 Å². The normalized spacial score (nSPS) is 40.2. The van der Waals surface area contributed by atoms with Crippen LogP contribution in [-0.2, 0) is 6.42 Å². The van der Waals surface area contributed by atoms with Gasteiger partial charge in [0, 0.05) is 24.4 Å². The Kier molecular flexibility index (Phi) is 2.95. The molecule has 1 atom stereocenters. The third-order valence-electron chi connectivity index (χ3n) is 6.42. The number of hydrogen-bond acceptors (Lipinski definition) is 2. The summed E-state index contributed by atoms with van der Waals surface area (Å²) in [4.78, 5) is 8.23. The minimum absolute atomic E-state index is 0.455. The van der Waals surface area contributed by atoms with Gasteiger partial charge in [-0.15, -0.1) is 0 Å². The predicted molar refractivity (Wildman–Crippen MR) is 80.4 cm³/mol. The van der Waals surface area contributed by atoms with Crippen molar-refractivity contribution in [1.29, 1.82) is 0 Å². The first kappa shape index (κ1) is 12.9. The van der Waals surface area contributed by atoms with Crippen LogP contribution in [0.25, 0.3) is 0 Å². The van der Waals surface area contributed by atoms with Gasteiger partial charge in [-0.3, -0.25) is 0 Å². The lowest BCUT2D eigenvalue weighted by Crippen LogP contribution is -2.50. The molecule has 0 amide bonds. The first-order chi connectivity index (χ1) is 9.72. The van der Waals surface area contributed by atoms with Gasteiger partial charge in [-0.05, 0) is 68.1 Å². The predicted octanol–water partition coefficient (Wildman–Crippen LogP) is 3.23. The zero-order valence-electron chi connectivity index (χ0n) is 12.6. The molecule has 1 aromatic heterocycles. The number of aromatic amines is 1. The van der Waals surface area contributed by atoms with E-state index in [0.717, 1.165) is 30.7 Å². The molecule has 110 valence electrons. The van der Waals surface area contributed by atoms with Gasteiger partial charge in [0.25, 0.3) is 0 Å². The summed E-state index contributed by atoms with van der Waals surface area (Å²) in [6.45, 7) is 2.93. The summed E-state index contributed by atoms with van der Waals surface area (Å²) in [5.41, 5.74) is 7.93. The molecule has 3 nitrogen and oxygen atoms in total. The van der Waals surface area contributed by atoms with Crippen molar-refractivity contribution < 1.29 is 0 Å². The van der Waals surface area contributed by atoms with Gasteiger partial charge in [0.05, 0.1) is 0 Å². The van der Waals surface area contributed by atoms with Crippen molar-refractivity contribution in [3.05, 3.63) is 17.7 Å². The number of imidazole rings is 1. The van der Waals surface area contributed by atoms with E-state index >= 15 is 0 Å². The Labute approximate surface area is 121 Å². The zero-order valence-corrected chi connectivity index (χ0v) is 12.6. The maximum atomic E-state index is 6.22. The number of aromatic nitrogens is 2. The Hall–Kier alpha value is -0.830. The molecule has 0 radical (unpaired) electrons. The lowest BCUT2D eigenvalue weighted by molar-refractivity contribution is -0.0684. The Morgan fingerprint density at radius 2 is 1.85 bits per heavy atom. The van der Waals surface area contributed by atoms with E-state index in [1.165, 1.54) is 50.0 Å². The Morgan fingerprint density at radius 1 is 1.25 bits per heavy atom. The summed E-state index contributed by atoms with van der Waals surface area (Å²) in [6, 6.07) is 0. The van der Waals surface area contributed by atoms with Crippen LogP contribution >= 0.6 is 0 Å². The van der Waals surface area contributed by atoms with E-state index in [0.29, 0.717) is 11.3 Å². The molecule has 20 heavy (non-hydrogen) atoms. The summed E-state index contributed by atoms with van der Waals surface area (Å²) < 4.78 is 0. The van der Waals surface area contributed by atoms with E-state index in [2.05, 4.69) is 16.9 Å². The van der Waals surface area contributed by atoms with Crippen LogP contribution in [0.1, 0.15) is 62.9 Å². The molecule has 1 heterocycles. The molecule has 1 aromatic rings.